The van der Waals surface area contributed by atoms with Crippen molar-refractivity contribution in [1.29, 1.82) is 0 Å². The van der Waals surface area contributed by atoms with Gasteiger partial charge in [-0.3, -0.25) is 4.79 Å². The maximum atomic E-state index is 12.6. The number of hydrogen-bond donors (Lipinski definition) is 0. The molecule has 0 radical (unpaired) electrons. The summed E-state index contributed by atoms with van der Waals surface area (Å²) in [6.07, 6.45) is 5.91. The molecule has 1 aliphatic heterocycles. The fourth-order valence-electron chi connectivity index (χ4n) is 3.39. The van der Waals surface area contributed by atoms with Gasteiger partial charge in [-0.25, -0.2) is 14.6 Å². The highest BCUT2D eigenvalue weighted by Crippen LogP contribution is 2.30. The number of fused-ring (bicyclic) bond motifs is 1. The third kappa shape index (κ3) is 2.80. The van der Waals surface area contributed by atoms with Gasteiger partial charge in [-0.2, -0.15) is 16.4 Å². The number of likely N-dealkylation sites (tertiary alicyclic amines) is 1. The molecule has 4 heterocycles. The number of carbonyl (C=O) groups excluding carboxylic acids is 1. The zero-order valence-corrected chi connectivity index (χ0v) is 14.4. The second-order valence-corrected chi connectivity index (χ2v) is 7.00. The van der Waals surface area contributed by atoms with Crippen molar-refractivity contribution in [2.75, 3.05) is 13.1 Å². The van der Waals surface area contributed by atoms with E-state index in [1.165, 1.54) is 0 Å². The fraction of sp³-hybridized carbons (Fsp3) is 0.412. The van der Waals surface area contributed by atoms with Gasteiger partial charge in [0.2, 0.25) is 5.91 Å². The molecule has 0 aromatic carbocycles. The molecule has 6 nitrogen and oxygen atoms in total. The Labute approximate surface area is 144 Å². The number of rotatable bonds is 3. The van der Waals surface area contributed by atoms with Crippen LogP contribution in [0.4, 0.5) is 0 Å². The van der Waals surface area contributed by atoms with E-state index in [0.29, 0.717) is 13.0 Å². The van der Waals surface area contributed by atoms with Crippen molar-refractivity contribution in [2.45, 2.75) is 25.2 Å². The smallest absolute Gasteiger partial charge is 0.227 e. The van der Waals surface area contributed by atoms with Crippen LogP contribution in [0.5, 0.6) is 0 Å². The molecule has 0 bridgehead atoms. The van der Waals surface area contributed by atoms with Gasteiger partial charge in [-0.05, 0) is 35.2 Å². The molecular formula is C17H19N5OS. The zero-order chi connectivity index (χ0) is 16.5. The van der Waals surface area contributed by atoms with Crippen molar-refractivity contribution in [1.82, 2.24) is 24.6 Å². The van der Waals surface area contributed by atoms with E-state index in [1.54, 1.807) is 28.4 Å². The van der Waals surface area contributed by atoms with E-state index in [9.17, 15) is 4.79 Å². The average molecular weight is 341 g/mol. The van der Waals surface area contributed by atoms with Crippen LogP contribution in [0.2, 0.25) is 0 Å². The summed E-state index contributed by atoms with van der Waals surface area (Å²) in [5.74, 6) is 0.426. The standard InChI is InChI=1S/C17H19N5OS/c1-21-17-16(18-5-6-19-17)15(20-21)13-3-2-7-22(10-13)14(23)9-12-4-8-24-11-12/h4-6,8,11,13H,2-3,7,9-10H2,1H3/t13-/m1/s1. The first-order valence-electron chi connectivity index (χ1n) is 8.15. The maximum Gasteiger partial charge on any atom is 0.227 e. The number of amides is 1. The maximum absolute atomic E-state index is 12.6. The van der Waals surface area contributed by atoms with Gasteiger partial charge < -0.3 is 4.90 Å². The van der Waals surface area contributed by atoms with Crippen LogP contribution >= 0.6 is 11.3 Å². The first-order chi connectivity index (χ1) is 11.7. The lowest BCUT2D eigenvalue weighted by Crippen LogP contribution is -2.40. The number of carbonyl (C=O) groups is 1. The van der Waals surface area contributed by atoms with Gasteiger partial charge in [-0.15, -0.1) is 0 Å². The van der Waals surface area contributed by atoms with E-state index in [1.807, 2.05) is 28.8 Å². The third-order valence-electron chi connectivity index (χ3n) is 4.58. The summed E-state index contributed by atoms with van der Waals surface area (Å²) in [7, 11) is 1.89. The van der Waals surface area contributed by atoms with E-state index < -0.39 is 0 Å². The number of aryl methyl sites for hydroxylation is 1. The van der Waals surface area contributed by atoms with Gasteiger partial charge in [0.25, 0.3) is 0 Å². The summed E-state index contributed by atoms with van der Waals surface area (Å²) >= 11 is 1.63. The highest BCUT2D eigenvalue weighted by molar-refractivity contribution is 7.08. The topological polar surface area (TPSA) is 63.9 Å². The number of hydrogen-bond acceptors (Lipinski definition) is 5. The lowest BCUT2D eigenvalue weighted by molar-refractivity contribution is -0.131. The molecular weight excluding hydrogens is 322 g/mol. The van der Waals surface area contributed by atoms with Crippen molar-refractivity contribution in [3.05, 3.63) is 40.5 Å². The summed E-state index contributed by atoms with van der Waals surface area (Å²) in [6, 6.07) is 2.02. The minimum Gasteiger partial charge on any atom is -0.342 e. The van der Waals surface area contributed by atoms with Crippen LogP contribution in [0.25, 0.3) is 11.2 Å². The first kappa shape index (κ1) is 15.3. The first-order valence-corrected chi connectivity index (χ1v) is 9.09. The summed E-state index contributed by atoms with van der Waals surface area (Å²) in [4.78, 5) is 23.4. The highest BCUT2D eigenvalue weighted by Gasteiger charge is 2.28. The molecule has 0 unspecified atom stereocenters. The van der Waals surface area contributed by atoms with Crippen LogP contribution in [0.15, 0.2) is 29.2 Å². The molecule has 3 aromatic heterocycles. The average Bonchev–Trinajstić information content (AvgIpc) is 3.23. The Morgan fingerprint density at radius 2 is 2.25 bits per heavy atom. The Kier molecular flexibility index (Phi) is 4.02. The van der Waals surface area contributed by atoms with Gasteiger partial charge >= 0.3 is 0 Å². The van der Waals surface area contributed by atoms with Crippen molar-refractivity contribution in [3.8, 4) is 0 Å². The second-order valence-electron chi connectivity index (χ2n) is 6.22. The molecule has 0 spiro atoms. The monoisotopic (exact) mass is 341 g/mol. The van der Waals surface area contributed by atoms with Crippen molar-refractivity contribution >= 4 is 28.4 Å². The normalized spacial score (nSPS) is 18.2. The van der Waals surface area contributed by atoms with Crippen molar-refractivity contribution < 1.29 is 4.79 Å². The minimum atomic E-state index is 0.199. The van der Waals surface area contributed by atoms with E-state index in [2.05, 4.69) is 15.1 Å². The predicted molar refractivity (Wildman–Crippen MR) is 92.9 cm³/mol. The molecule has 24 heavy (non-hydrogen) atoms. The van der Waals surface area contributed by atoms with Gasteiger partial charge in [0.15, 0.2) is 5.65 Å². The minimum absolute atomic E-state index is 0.199. The lowest BCUT2D eigenvalue weighted by Gasteiger charge is -2.32. The number of piperidine rings is 1. The van der Waals surface area contributed by atoms with Crippen molar-refractivity contribution in [3.63, 3.8) is 0 Å². The Morgan fingerprint density at radius 3 is 3.08 bits per heavy atom. The summed E-state index contributed by atoms with van der Waals surface area (Å²) in [5.41, 5.74) is 3.72. The summed E-state index contributed by atoms with van der Waals surface area (Å²) < 4.78 is 1.78. The molecule has 1 aliphatic rings. The number of nitrogens with zero attached hydrogens (tertiary/aromatic N) is 5. The van der Waals surface area contributed by atoms with E-state index in [-0.39, 0.29) is 11.8 Å². The van der Waals surface area contributed by atoms with Crippen LogP contribution in [0.3, 0.4) is 0 Å². The van der Waals surface area contributed by atoms with Crippen molar-refractivity contribution in [2.24, 2.45) is 7.05 Å². The summed E-state index contributed by atoms with van der Waals surface area (Å²) in [5, 5.41) is 8.70. The molecule has 0 saturated carbocycles. The van der Waals surface area contributed by atoms with E-state index in [0.717, 1.165) is 41.8 Å². The number of thiophene rings is 1. The lowest BCUT2D eigenvalue weighted by atomic mass is 9.94. The fourth-order valence-corrected chi connectivity index (χ4v) is 4.05. The molecule has 1 saturated heterocycles. The molecule has 0 aliphatic carbocycles. The van der Waals surface area contributed by atoms with Gasteiger partial charge in [-0.1, -0.05) is 0 Å². The molecule has 124 valence electrons. The Bertz CT molecular complexity index is 857. The van der Waals surface area contributed by atoms with Crippen LogP contribution in [-0.2, 0) is 18.3 Å². The van der Waals surface area contributed by atoms with Crippen LogP contribution in [-0.4, -0.2) is 43.6 Å². The predicted octanol–water partition coefficient (Wildman–Crippen LogP) is 2.37. The Balaban J connectivity index is 1.55. The van der Waals surface area contributed by atoms with E-state index in [4.69, 9.17) is 0 Å². The SMILES string of the molecule is Cn1nc([C@@H]2CCCN(C(=O)Cc3ccsc3)C2)c2nccnc21. The quantitative estimate of drug-likeness (QED) is 0.734. The van der Waals surface area contributed by atoms with Crippen LogP contribution < -0.4 is 0 Å². The molecule has 0 N–H and O–H groups in total. The van der Waals surface area contributed by atoms with E-state index >= 15 is 0 Å². The summed E-state index contributed by atoms with van der Waals surface area (Å²) in [6.45, 7) is 1.54. The zero-order valence-electron chi connectivity index (χ0n) is 13.6. The molecule has 1 amide bonds. The molecule has 4 rings (SSSR count). The molecule has 3 aromatic rings. The van der Waals surface area contributed by atoms with Crippen LogP contribution in [0, 0.1) is 0 Å². The number of aromatic nitrogens is 4. The highest BCUT2D eigenvalue weighted by atomic mass is 32.1. The van der Waals surface area contributed by atoms with Crippen LogP contribution in [0.1, 0.15) is 30.0 Å². The molecule has 7 heteroatoms. The Morgan fingerprint density at radius 1 is 1.38 bits per heavy atom. The third-order valence-corrected chi connectivity index (χ3v) is 5.31. The Hall–Kier alpha value is -2.28. The van der Waals surface area contributed by atoms with Gasteiger partial charge in [0.05, 0.1) is 12.1 Å². The van der Waals surface area contributed by atoms with Gasteiger partial charge in [0, 0.05) is 38.4 Å². The largest absolute Gasteiger partial charge is 0.342 e. The van der Waals surface area contributed by atoms with Gasteiger partial charge in [0.1, 0.15) is 5.52 Å². The second kappa shape index (κ2) is 6.32. The molecule has 1 atom stereocenters. The molecule has 1 fully saturated rings.